The van der Waals surface area contributed by atoms with Crippen molar-refractivity contribution in [1.82, 2.24) is 5.32 Å². The Morgan fingerprint density at radius 2 is 1.30 bits per heavy atom. The van der Waals surface area contributed by atoms with Crippen LogP contribution < -0.4 is 10.2 Å². The van der Waals surface area contributed by atoms with Crippen LogP contribution in [-0.2, 0) is 31.3 Å². The first-order chi connectivity index (χ1) is 27.4. The number of nitrogens with one attached hydrogen (secondary N) is 1. The van der Waals surface area contributed by atoms with E-state index in [0.29, 0.717) is 23.0 Å². The fourth-order valence-corrected chi connectivity index (χ4v) is 8.30. The van der Waals surface area contributed by atoms with Crippen LogP contribution in [0.4, 0.5) is 5.69 Å². The van der Waals surface area contributed by atoms with E-state index in [1.807, 2.05) is 97.1 Å². The first-order valence-corrected chi connectivity index (χ1v) is 20.2. The summed E-state index contributed by atoms with van der Waals surface area (Å²) in [5.41, 5.74) is 5.47. The second-order valence-electron chi connectivity index (χ2n) is 14.7. The van der Waals surface area contributed by atoms with E-state index in [-0.39, 0.29) is 37.6 Å². The van der Waals surface area contributed by atoms with Crippen LogP contribution in [-0.4, -0.2) is 24.3 Å². The van der Waals surface area contributed by atoms with Crippen molar-refractivity contribution in [2.75, 3.05) is 11.4 Å². The van der Waals surface area contributed by atoms with Crippen molar-refractivity contribution in [3.05, 3.63) is 171 Å². The van der Waals surface area contributed by atoms with Gasteiger partial charge in [0.1, 0.15) is 0 Å². The summed E-state index contributed by atoms with van der Waals surface area (Å²) in [5.74, 6) is 5.93. The lowest BCUT2D eigenvalue weighted by atomic mass is 9.78. The van der Waals surface area contributed by atoms with Crippen molar-refractivity contribution >= 4 is 35.1 Å². The fourth-order valence-electron chi connectivity index (χ4n) is 8.03. The minimum atomic E-state index is -1.36. The molecule has 1 aliphatic heterocycles. The van der Waals surface area contributed by atoms with Crippen molar-refractivity contribution in [2.24, 2.45) is 0 Å². The predicted octanol–water partition coefficient (Wildman–Crippen LogP) is 10.2. The van der Waals surface area contributed by atoms with Gasteiger partial charge in [0.2, 0.25) is 11.8 Å². The van der Waals surface area contributed by atoms with Crippen molar-refractivity contribution in [3.8, 4) is 11.8 Å². The molecule has 1 unspecified atom stereocenters. The van der Waals surface area contributed by atoms with E-state index in [1.54, 1.807) is 11.0 Å². The zero-order chi connectivity index (χ0) is 38.7. The molecule has 1 atom stereocenters. The summed E-state index contributed by atoms with van der Waals surface area (Å²) in [4.78, 5) is 42.5. The third kappa shape index (κ3) is 8.91. The molecule has 7 rings (SSSR count). The number of halogens is 1. The van der Waals surface area contributed by atoms with E-state index in [9.17, 15) is 14.4 Å². The molecule has 1 saturated carbocycles. The van der Waals surface area contributed by atoms with Gasteiger partial charge in [-0.15, -0.1) is 0 Å². The molecular weight excluding hydrogens is 716 g/mol. The number of anilines is 1. The van der Waals surface area contributed by atoms with Gasteiger partial charge in [-0.05, 0) is 54.2 Å². The van der Waals surface area contributed by atoms with Gasteiger partial charge in [-0.3, -0.25) is 14.4 Å². The monoisotopic (exact) mass is 762 g/mol. The van der Waals surface area contributed by atoms with Crippen LogP contribution in [0.2, 0.25) is 5.02 Å². The Labute approximate surface area is 335 Å². The molecule has 0 aromatic heterocycles. The lowest BCUT2D eigenvalue weighted by Gasteiger charge is -2.36. The highest BCUT2D eigenvalue weighted by molar-refractivity contribution is 6.31. The highest BCUT2D eigenvalue weighted by Crippen LogP contribution is 2.44. The molecule has 0 radical (unpaired) electrons. The summed E-state index contributed by atoms with van der Waals surface area (Å²) in [5, 5.41) is 3.32. The topological polar surface area (TPSA) is 75.7 Å². The Balaban J connectivity index is 1.05. The lowest BCUT2D eigenvalue weighted by Crippen LogP contribution is -2.36. The Bertz CT molecular complexity index is 2220. The van der Waals surface area contributed by atoms with Crippen molar-refractivity contribution < 1.29 is 19.1 Å². The molecule has 1 fully saturated rings. The number of ether oxygens (including phenoxy) is 1. The smallest absolute Gasteiger partial charge is 0.307 e. The summed E-state index contributed by atoms with van der Waals surface area (Å²) < 4.78 is 6.58. The van der Waals surface area contributed by atoms with Gasteiger partial charge < -0.3 is 15.0 Å². The van der Waals surface area contributed by atoms with Crippen molar-refractivity contribution in [3.63, 3.8) is 0 Å². The Kier molecular flexibility index (Phi) is 12.6. The minimum Gasteiger partial charge on any atom is -0.444 e. The first-order valence-electron chi connectivity index (χ1n) is 19.8. The number of esters is 1. The standard InChI is InChI=1S/C49H47ClN2O4/c50-44-23-13-12-22-43(44)49(41-20-7-4-8-21-41,42-29-27-38(28-30-42)36-15-5-2-1-3-6-16-36)56-48(55)32-31-46(53)51-34-33-47(54)52-35-40-19-10-9-17-37(40)25-26-39-18-11-14-24-45(39)52/h4,7-14,17-24,27-30,36H,1-3,5-6,15-16,31-35H2,(H,51,53). The molecule has 1 aliphatic carbocycles. The number of fused-ring (bicyclic) bond motifs is 2. The van der Waals surface area contributed by atoms with Gasteiger partial charge in [-0.2, -0.15) is 0 Å². The van der Waals surface area contributed by atoms with Crippen molar-refractivity contribution in [2.45, 2.75) is 82.3 Å². The highest BCUT2D eigenvalue weighted by Gasteiger charge is 2.42. The van der Waals surface area contributed by atoms with Crippen LogP contribution in [0.3, 0.4) is 0 Å². The van der Waals surface area contributed by atoms with E-state index >= 15 is 0 Å². The summed E-state index contributed by atoms with van der Waals surface area (Å²) in [7, 11) is 0. The quantitative estimate of drug-likeness (QED) is 0.0826. The van der Waals surface area contributed by atoms with Crippen molar-refractivity contribution in [1.29, 1.82) is 0 Å². The number of para-hydroxylation sites is 1. The summed E-state index contributed by atoms with van der Waals surface area (Å²) in [6.45, 7) is 0.498. The molecule has 56 heavy (non-hydrogen) atoms. The molecule has 0 saturated heterocycles. The lowest BCUT2D eigenvalue weighted by molar-refractivity contribution is -0.154. The maximum absolute atomic E-state index is 13.9. The molecule has 284 valence electrons. The van der Waals surface area contributed by atoms with Gasteiger partial charge in [0.25, 0.3) is 0 Å². The SMILES string of the molecule is O=C(CCC(=O)OC(c1ccccc1)(c1ccc(C2CCCCCCC2)cc1)c1ccccc1Cl)NCCC(=O)N1Cc2ccccc2C#Cc2ccccc21. The number of hydrogen-bond donors (Lipinski definition) is 1. The Morgan fingerprint density at radius 3 is 2.07 bits per heavy atom. The van der Waals surface area contributed by atoms with E-state index < -0.39 is 11.6 Å². The van der Waals surface area contributed by atoms with Gasteiger partial charge >= 0.3 is 5.97 Å². The fraction of sp³-hybridized carbons (Fsp3) is 0.286. The summed E-state index contributed by atoms with van der Waals surface area (Å²) in [6, 6.07) is 41.0. The van der Waals surface area contributed by atoms with E-state index in [4.69, 9.17) is 16.3 Å². The number of benzene rings is 5. The summed E-state index contributed by atoms with van der Waals surface area (Å²) in [6.07, 6.45) is 8.52. The third-order valence-electron chi connectivity index (χ3n) is 11.0. The number of carbonyl (C=O) groups is 3. The third-order valence-corrected chi connectivity index (χ3v) is 11.3. The van der Waals surface area contributed by atoms with Crippen LogP contribution in [0.15, 0.2) is 127 Å². The van der Waals surface area contributed by atoms with Gasteiger partial charge in [-0.25, -0.2) is 0 Å². The first kappa shape index (κ1) is 38.6. The second-order valence-corrected chi connectivity index (χ2v) is 15.1. The molecule has 2 amide bonds. The van der Waals surface area contributed by atoms with Crippen LogP contribution in [0.1, 0.15) is 109 Å². The second kappa shape index (κ2) is 18.3. The molecule has 1 heterocycles. The average Bonchev–Trinajstić information content (AvgIpc) is 3.21. The Morgan fingerprint density at radius 1 is 0.679 bits per heavy atom. The molecular formula is C49H47ClN2O4. The van der Waals surface area contributed by atoms with E-state index in [1.165, 1.54) is 50.5 Å². The maximum Gasteiger partial charge on any atom is 0.307 e. The molecule has 6 nitrogen and oxygen atoms in total. The largest absolute Gasteiger partial charge is 0.444 e. The maximum atomic E-state index is 13.9. The van der Waals surface area contributed by atoms with Gasteiger partial charge in [0.05, 0.1) is 18.7 Å². The molecule has 0 bridgehead atoms. The highest BCUT2D eigenvalue weighted by atomic mass is 35.5. The zero-order valence-electron chi connectivity index (χ0n) is 31.6. The minimum absolute atomic E-state index is 0.0839. The average molecular weight is 763 g/mol. The predicted molar refractivity (Wildman–Crippen MR) is 222 cm³/mol. The normalized spacial score (nSPS) is 15.2. The van der Waals surface area contributed by atoms with Crippen LogP contribution >= 0.6 is 11.6 Å². The van der Waals surface area contributed by atoms with Crippen LogP contribution in [0.25, 0.3) is 0 Å². The number of rotatable bonds is 11. The van der Waals surface area contributed by atoms with Gasteiger partial charge in [0, 0.05) is 52.2 Å². The Hall–Kier alpha value is -5.64. The molecule has 0 spiro atoms. The number of amides is 2. The number of carbonyl (C=O) groups excluding carboxylic acids is 3. The molecule has 5 aromatic rings. The van der Waals surface area contributed by atoms with Gasteiger partial charge in [-0.1, -0.05) is 159 Å². The van der Waals surface area contributed by atoms with E-state index in [0.717, 1.165) is 33.5 Å². The van der Waals surface area contributed by atoms with Crippen LogP contribution in [0.5, 0.6) is 0 Å². The zero-order valence-corrected chi connectivity index (χ0v) is 32.4. The molecule has 5 aromatic carbocycles. The molecule has 1 N–H and O–H groups in total. The summed E-state index contributed by atoms with van der Waals surface area (Å²) >= 11 is 6.92. The van der Waals surface area contributed by atoms with E-state index in [2.05, 4.69) is 41.4 Å². The number of nitrogens with zero attached hydrogens (tertiary/aromatic N) is 1. The van der Waals surface area contributed by atoms with Crippen LogP contribution in [0, 0.1) is 11.8 Å². The molecule has 7 heteroatoms. The number of hydrogen-bond acceptors (Lipinski definition) is 4. The van der Waals surface area contributed by atoms with Gasteiger partial charge in [0.15, 0.2) is 5.60 Å². The molecule has 2 aliphatic rings.